The molecule has 1 aliphatic heterocycles. The number of aromatic nitrogens is 5. The monoisotopic (exact) mass is 491 g/mol. The van der Waals surface area contributed by atoms with E-state index in [1.165, 1.54) is 11.3 Å². The Kier molecular flexibility index (Phi) is 5.95. The Labute approximate surface area is 206 Å². The van der Waals surface area contributed by atoms with Crippen molar-refractivity contribution in [3.63, 3.8) is 0 Å². The summed E-state index contributed by atoms with van der Waals surface area (Å²) < 4.78 is 7.09. The van der Waals surface area contributed by atoms with Gasteiger partial charge in [0, 0.05) is 43.7 Å². The van der Waals surface area contributed by atoms with Crippen LogP contribution in [0.1, 0.15) is 18.9 Å². The van der Waals surface area contributed by atoms with E-state index in [9.17, 15) is 9.90 Å². The number of aliphatic hydroxyl groups is 1. The predicted octanol–water partition coefficient (Wildman–Crippen LogP) is 3.29. The number of likely N-dealkylation sites (tertiary alicyclic amines) is 1. The fraction of sp³-hybridized carbons (Fsp3) is 0.292. The van der Waals surface area contributed by atoms with Gasteiger partial charge < -0.3 is 20.1 Å². The Morgan fingerprint density at radius 1 is 1.26 bits per heavy atom. The summed E-state index contributed by atoms with van der Waals surface area (Å²) in [5.74, 6) is 0.584. The van der Waals surface area contributed by atoms with Crippen LogP contribution in [0.4, 0.5) is 11.6 Å². The van der Waals surface area contributed by atoms with E-state index in [0.717, 1.165) is 10.6 Å². The van der Waals surface area contributed by atoms with Gasteiger partial charge in [-0.15, -0.1) is 16.4 Å². The molecule has 5 rings (SSSR count). The minimum absolute atomic E-state index is 0.281. The van der Waals surface area contributed by atoms with E-state index in [1.54, 1.807) is 42.1 Å². The molecule has 0 radical (unpaired) electrons. The summed E-state index contributed by atoms with van der Waals surface area (Å²) >= 11 is 1.47. The number of likely N-dealkylation sites (N-methyl/N-ethyl adjacent to an activating group) is 1. The molecule has 1 aromatic carbocycles. The van der Waals surface area contributed by atoms with Gasteiger partial charge >= 0.3 is 0 Å². The van der Waals surface area contributed by atoms with Gasteiger partial charge in [-0.05, 0) is 24.6 Å². The van der Waals surface area contributed by atoms with E-state index in [2.05, 4.69) is 20.4 Å². The van der Waals surface area contributed by atoms with E-state index in [4.69, 9.17) is 9.72 Å². The second kappa shape index (κ2) is 9.08. The number of benzene rings is 1. The van der Waals surface area contributed by atoms with Crippen molar-refractivity contribution in [2.75, 3.05) is 26.0 Å². The van der Waals surface area contributed by atoms with Crippen molar-refractivity contribution >= 4 is 28.9 Å². The van der Waals surface area contributed by atoms with Crippen LogP contribution in [0, 0.1) is 0 Å². The first-order chi connectivity index (χ1) is 16.9. The minimum Gasteiger partial charge on any atom is -0.478 e. The number of thiazole rings is 1. The number of hydrogen-bond donors (Lipinski definition) is 2. The van der Waals surface area contributed by atoms with Crippen LogP contribution in [-0.4, -0.2) is 61.3 Å². The van der Waals surface area contributed by atoms with Gasteiger partial charge in [-0.2, -0.15) is 0 Å². The van der Waals surface area contributed by atoms with Crippen LogP contribution < -0.4 is 10.1 Å². The molecular weight excluding hydrogens is 466 g/mol. The molecule has 0 spiro atoms. The molecular formula is C24H25N7O3S. The minimum atomic E-state index is -1.50. The SMILES string of the molecule is CCn1cc(Nc2nccc(-c3csc(-c4cccc(C5(O)CCN(C)C5=O)c4)n3)n2)c(OC)n1. The second-order valence-corrected chi connectivity index (χ2v) is 9.11. The molecule has 10 nitrogen and oxygen atoms in total. The summed E-state index contributed by atoms with van der Waals surface area (Å²) in [7, 11) is 3.27. The Hall–Kier alpha value is -3.83. The Balaban J connectivity index is 1.40. The first kappa shape index (κ1) is 22.9. The summed E-state index contributed by atoms with van der Waals surface area (Å²) in [6, 6.07) is 9.18. The van der Waals surface area contributed by atoms with Crippen molar-refractivity contribution in [1.29, 1.82) is 0 Å². The van der Waals surface area contributed by atoms with Crippen molar-refractivity contribution in [3.8, 4) is 27.8 Å². The maximum absolute atomic E-state index is 12.5. The highest BCUT2D eigenvalue weighted by Gasteiger charge is 2.45. The zero-order chi connectivity index (χ0) is 24.6. The fourth-order valence-corrected chi connectivity index (χ4v) is 4.85. The van der Waals surface area contributed by atoms with Gasteiger partial charge in [0.2, 0.25) is 5.95 Å². The smallest absolute Gasteiger partial charge is 0.258 e. The molecule has 180 valence electrons. The largest absolute Gasteiger partial charge is 0.478 e. The Morgan fingerprint density at radius 3 is 2.86 bits per heavy atom. The quantitative estimate of drug-likeness (QED) is 0.404. The summed E-state index contributed by atoms with van der Waals surface area (Å²) in [6.45, 7) is 3.23. The number of nitrogens with one attached hydrogen (secondary N) is 1. The number of anilines is 2. The zero-order valence-electron chi connectivity index (χ0n) is 19.6. The fourth-order valence-electron chi connectivity index (χ4n) is 4.04. The van der Waals surface area contributed by atoms with Gasteiger partial charge in [0.05, 0.1) is 19.0 Å². The van der Waals surface area contributed by atoms with E-state index >= 15 is 0 Å². The average Bonchev–Trinajstić information content (AvgIpc) is 3.60. The zero-order valence-corrected chi connectivity index (χ0v) is 20.4. The molecule has 1 aliphatic rings. The highest BCUT2D eigenvalue weighted by atomic mass is 32.1. The lowest BCUT2D eigenvalue weighted by molar-refractivity contribution is -0.143. The molecule has 11 heteroatoms. The Bertz CT molecular complexity index is 1380. The highest BCUT2D eigenvalue weighted by molar-refractivity contribution is 7.13. The maximum atomic E-state index is 12.5. The number of hydrogen-bond acceptors (Lipinski definition) is 9. The molecule has 1 unspecified atom stereocenters. The predicted molar refractivity (Wildman–Crippen MR) is 132 cm³/mol. The first-order valence-corrected chi connectivity index (χ1v) is 12.1. The lowest BCUT2D eigenvalue weighted by Gasteiger charge is -2.21. The number of amides is 1. The molecule has 1 atom stereocenters. The lowest BCUT2D eigenvalue weighted by Crippen LogP contribution is -2.36. The molecule has 1 saturated heterocycles. The number of carbonyl (C=O) groups is 1. The summed E-state index contributed by atoms with van der Waals surface area (Å²) in [5, 5.41) is 21.2. The lowest BCUT2D eigenvalue weighted by atomic mass is 9.91. The van der Waals surface area contributed by atoms with E-state index in [-0.39, 0.29) is 5.91 Å². The summed E-state index contributed by atoms with van der Waals surface area (Å²) in [4.78, 5) is 27.7. The highest BCUT2D eigenvalue weighted by Crippen LogP contribution is 2.36. The second-order valence-electron chi connectivity index (χ2n) is 8.25. The van der Waals surface area contributed by atoms with E-state index < -0.39 is 5.60 Å². The van der Waals surface area contributed by atoms with E-state index in [1.807, 2.05) is 36.7 Å². The maximum Gasteiger partial charge on any atom is 0.258 e. The van der Waals surface area contributed by atoms with Crippen LogP contribution in [-0.2, 0) is 16.9 Å². The molecule has 0 saturated carbocycles. The average molecular weight is 492 g/mol. The number of carbonyl (C=O) groups excluding carboxylic acids is 1. The molecule has 0 aliphatic carbocycles. The molecule has 2 N–H and O–H groups in total. The van der Waals surface area contributed by atoms with E-state index in [0.29, 0.717) is 54.0 Å². The van der Waals surface area contributed by atoms with Crippen molar-refractivity contribution < 1.29 is 14.6 Å². The van der Waals surface area contributed by atoms with Gasteiger partial charge in [-0.25, -0.2) is 15.0 Å². The third-order valence-corrected chi connectivity index (χ3v) is 6.90. The van der Waals surface area contributed by atoms with Crippen molar-refractivity contribution in [3.05, 3.63) is 53.7 Å². The van der Waals surface area contributed by atoms with Crippen molar-refractivity contribution in [2.24, 2.45) is 0 Å². The number of aryl methyl sites for hydroxylation is 1. The van der Waals surface area contributed by atoms with Gasteiger partial charge in [0.25, 0.3) is 11.8 Å². The molecule has 3 aromatic heterocycles. The van der Waals surface area contributed by atoms with Gasteiger partial charge in [0.1, 0.15) is 16.4 Å². The van der Waals surface area contributed by atoms with Crippen LogP contribution in [0.25, 0.3) is 22.0 Å². The molecule has 35 heavy (non-hydrogen) atoms. The standard InChI is InChI=1S/C24H25N7O3S/c1-4-31-13-18(20(29-31)34-3)28-23-25-10-8-17(27-23)19-14-35-21(26-19)15-6-5-7-16(12-15)24(33)9-11-30(2)22(24)32/h5-8,10,12-14,33H,4,9,11H2,1-3H3,(H,25,27,28). The number of nitrogens with zero attached hydrogens (tertiary/aromatic N) is 6. The van der Waals surface area contributed by atoms with Crippen LogP contribution in [0.15, 0.2) is 48.1 Å². The van der Waals surface area contributed by atoms with Gasteiger partial charge in [-0.1, -0.05) is 18.2 Å². The summed E-state index contributed by atoms with van der Waals surface area (Å²) in [6.07, 6.45) is 3.87. The van der Waals surface area contributed by atoms with Crippen molar-refractivity contribution in [2.45, 2.75) is 25.5 Å². The van der Waals surface area contributed by atoms with Crippen LogP contribution in [0.2, 0.25) is 0 Å². The Morgan fingerprint density at radius 2 is 2.11 bits per heavy atom. The van der Waals surface area contributed by atoms with Crippen molar-refractivity contribution in [1.82, 2.24) is 29.6 Å². The van der Waals surface area contributed by atoms with Crippen LogP contribution >= 0.6 is 11.3 Å². The van der Waals surface area contributed by atoms with Gasteiger partial charge in [-0.3, -0.25) is 9.48 Å². The molecule has 4 heterocycles. The first-order valence-electron chi connectivity index (χ1n) is 11.2. The molecule has 1 amide bonds. The molecule has 4 aromatic rings. The third kappa shape index (κ3) is 4.24. The summed E-state index contributed by atoms with van der Waals surface area (Å²) in [5.41, 5.74) is 1.95. The number of methoxy groups -OCH3 is 1. The number of ether oxygens (including phenoxy) is 1. The third-order valence-electron chi connectivity index (χ3n) is 6.01. The van der Waals surface area contributed by atoms with Crippen LogP contribution in [0.3, 0.4) is 0 Å². The normalized spacial score (nSPS) is 17.7. The molecule has 0 bridgehead atoms. The molecule has 1 fully saturated rings. The van der Waals surface area contributed by atoms with Crippen LogP contribution in [0.5, 0.6) is 5.88 Å². The topological polar surface area (TPSA) is 118 Å². The number of rotatable bonds is 7. The van der Waals surface area contributed by atoms with Gasteiger partial charge in [0.15, 0.2) is 5.60 Å².